The summed E-state index contributed by atoms with van der Waals surface area (Å²) in [5, 5.41) is 16.1. The van der Waals surface area contributed by atoms with Crippen LogP contribution in [0.25, 0.3) is 17.1 Å². The second-order valence-corrected chi connectivity index (χ2v) is 7.14. The van der Waals surface area contributed by atoms with Gasteiger partial charge < -0.3 is 19.2 Å². The highest BCUT2D eigenvalue weighted by Crippen LogP contribution is 2.32. The van der Waals surface area contributed by atoms with Gasteiger partial charge in [-0.2, -0.15) is 9.61 Å². The van der Waals surface area contributed by atoms with Crippen LogP contribution in [0.5, 0.6) is 11.5 Å². The number of nitrogens with one attached hydrogen (secondary N) is 1. The number of rotatable bonds is 6. The van der Waals surface area contributed by atoms with Crippen LogP contribution in [0.4, 0.5) is 0 Å². The number of fused-ring (bicyclic) bond motifs is 2. The molecule has 9 nitrogen and oxygen atoms in total. The number of aromatic nitrogens is 4. The molecule has 1 N–H and O–H groups in total. The van der Waals surface area contributed by atoms with E-state index in [4.69, 9.17) is 13.9 Å². The Labute approximate surface area is 169 Å². The predicted octanol–water partition coefficient (Wildman–Crippen LogP) is 2.52. The lowest BCUT2D eigenvalue weighted by Crippen LogP contribution is -2.24. The number of ether oxygens (including phenoxy) is 2. The fourth-order valence-corrected chi connectivity index (χ4v) is 3.57. The maximum atomic E-state index is 12.3. The average Bonchev–Trinajstić information content (AvgIpc) is 3.50. The lowest BCUT2D eigenvalue weighted by atomic mass is 10.2. The van der Waals surface area contributed by atoms with Gasteiger partial charge in [-0.25, -0.2) is 0 Å². The van der Waals surface area contributed by atoms with Gasteiger partial charge in [-0.05, 0) is 42.0 Å². The summed E-state index contributed by atoms with van der Waals surface area (Å²) >= 11 is 1.27. The molecular formula is C19H15N5O4S. The third-order valence-corrected chi connectivity index (χ3v) is 5.19. The van der Waals surface area contributed by atoms with Crippen LogP contribution in [-0.4, -0.2) is 38.3 Å². The van der Waals surface area contributed by atoms with Gasteiger partial charge in [0.25, 0.3) is 0 Å². The highest BCUT2D eigenvalue weighted by molar-refractivity contribution is 7.99. The summed E-state index contributed by atoms with van der Waals surface area (Å²) < 4.78 is 17.6. The molecule has 5 rings (SSSR count). The fourth-order valence-electron chi connectivity index (χ4n) is 2.85. The minimum atomic E-state index is -0.119. The molecule has 0 spiro atoms. The second kappa shape index (κ2) is 7.47. The molecule has 1 aromatic carbocycles. The van der Waals surface area contributed by atoms with E-state index in [9.17, 15) is 4.79 Å². The van der Waals surface area contributed by atoms with Crippen LogP contribution in [0.2, 0.25) is 0 Å². The molecule has 1 amide bonds. The second-order valence-electron chi connectivity index (χ2n) is 6.20. The average molecular weight is 409 g/mol. The van der Waals surface area contributed by atoms with Crippen molar-refractivity contribution < 1.29 is 18.7 Å². The van der Waals surface area contributed by atoms with Gasteiger partial charge in [-0.3, -0.25) is 4.79 Å². The molecule has 0 unspecified atom stereocenters. The summed E-state index contributed by atoms with van der Waals surface area (Å²) in [6, 6.07) is 12.8. The SMILES string of the molecule is O=C(CSc1nnc2ccc(-c3ccco3)nn12)NCc1ccc2c(c1)OCO2. The minimum absolute atomic E-state index is 0.119. The first-order chi connectivity index (χ1) is 14.3. The van der Waals surface area contributed by atoms with Gasteiger partial charge >= 0.3 is 0 Å². The largest absolute Gasteiger partial charge is 0.463 e. The van der Waals surface area contributed by atoms with E-state index < -0.39 is 0 Å². The van der Waals surface area contributed by atoms with E-state index in [-0.39, 0.29) is 18.5 Å². The Morgan fingerprint density at radius 2 is 2.07 bits per heavy atom. The Balaban J connectivity index is 1.22. The molecule has 0 atom stereocenters. The molecule has 0 fully saturated rings. The van der Waals surface area contributed by atoms with E-state index in [1.807, 2.05) is 36.4 Å². The summed E-state index contributed by atoms with van der Waals surface area (Å²) in [5.41, 5.74) is 2.20. The van der Waals surface area contributed by atoms with Crippen LogP contribution < -0.4 is 14.8 Å². The topological polar surface area (TPSA) is 104 Å². The number of nitrogens with zero attached hydrogens (tertiary/aromatic N) is 4. The number of carbonyl (C=O) groups is 1. The number of hydrogen-bond donors (Lipinski definition) is 1. The molecule has 4 aromatic rings. The number of benzene rings is 1. The first-order valence-electron chi connectivity index (χ1n) is 8.81. The summed E-state index contributed by atoms with van der Waals surface area (Å²) in [4.78, 5) is 12.3. The highest BCUT2D eigenvalue weighted by Gasteiger charge is 2.15. The number of hydrogen-bond acceptors (Lipinski definition) is 8. The van der Waals surface area contributed by atoms with E-state index in [0.29, 0.717) is 34.6 Å². The van der Waals surface area contributed by atoms with E-state index >= 15 is 0 Å². The van der Waals surface area contributed by atoms with Gasteiger partial charge in [0, 0.05) is 6.54 Å². The maximum absolute atomic E-state index is 12.3. The fraction of sp³-hybridized carbons (Fsp3) is 0.158. The molecule has 0 aliphatic carbocycles. The smallest absolute Gasteiger partial charge is 0.231 e. The molecule has 29 heavy (non-hydrogen) atoms. The zero-order valence-electron chi connectivity index (χ0n) is 15.1. The van der Waals surface area contributed by atoms with Crippen LogP contribution in [0.3, 0.4) is 0 Å². The third kappa shape index (κ3) is 3.61. The molecule has 3 aromatic heterocycles. The van der Waals surface area contributed by atoms with E-state index in [1.165, 1.54) is 11.8 Å². The first-order valence-corrected chi connectivity index (χ1v) is 9.79. The third-order valence-electron chi connectivity index (χ3n) is 4.27. The van der Waals surface area contributed by atoms with Gasteiger partial charge in [0.1, 0.15) is 5.69 Å². The molecule has 0 saturated carbocycles. The van der Waals surface area contributed by atoms with Crippen molar-refractivity contribution in [3.8, 4) is 23.0 Å². The van der Waals surface area contributed by atoms with Gasteiger partial charge in [0.15, 0.2) is 22.9 Å². The zero-order valence-corrected chi connectivity index (χ0v) is 15.9. The first kappa shape index (κ1) is 17.6. The molecule has 146 valence electrons. The zero-order chi connectivity index (χ0) is 19.6. The van der Waals surface area contributed by atoms with Crippen LogP contribution in [0.15, 0.2) is 58.3 Å². The Morgan fingerprint density at radius 3 is 2.97 bits per heavy atom. The van der Waals surface area contributed by atoms with Crippen LogP contribution in [0.1, 0.15) is 5.56 Å². The number of furan rings is 1. The molecular weight excluding hydrogens is 394 g/mol. The lowest BCUT2D eigenvalue weighted by Gasteiger charge is -2.06. The van der Waals surface area contributed by atoms with Crippen LogP contribution in [0, 0.1) is 0 Å². The van der Waals surface area contributed by atoms with Gasteiger partial charge in [-0.15, -0.1) is 10.2 Å². The molecule has 4 heterocycles. The highest BCUT2D eigenvalue weighted by atomic mass is 32.2. The van der Waals surface area contributed by atoms with Crippen molar-refractivity contribution in [2.45, 2.75) is 11.7 Å². The predicted molar refractivity (Wildman–Crippen MR) is 104 cm³/mol. The van der Waals surface area contributed by atoms with Crippen molar-refractivity contribution in [3.63, 3.8) is 0 Å². The number of carbonyl (C=O) groups excluding carboxylic acids is 1. The van der Waals surface area contributed by atoms with Crippen molar-refractivity contribution in [1.29, 1.82) is 0 Å². The molecule has 0 saturated heterocycles. The van der Waals surface area contributed by atoms with Crippen molar-refractivity contribution in [2.24, 2.45) is 0 Å². The summed E-state index contributed by atoms with van der Waals surface area (Å²) in [6.45, 7) is 0.626. The van der Waals surface area contributed by atoms with Gasteiger partial charge in [0.05, 0.1) is 12.0 Å². The minimum Gasteiger partial charge on any atom is -0.463 e. The van der Waals surface area contributed by atoms with Crippen molar-refractivity contribution in [1.82, 2.24) is 25.1 Å². The summed E-state index contributed by atoms with van der Waals surface area (Å²) in [7, 11) is 0. The monoisotopic (exact) mass is 409 g/mol. The van der Waals surface area contributed by atoms with Crippen molar-refractivity contribution in [3.05, 3.63) is 54.3 Å². The molecule has 10 heteroatoms. The molecule has 1 aliphatic rings. The number of thioether (sulfide) groups is 1. The summed E-state index contributed by atoms with van der Waals surface area (Å²) in [6.07, 6.45) is 1.59. The Kier molecular flexibility index (Phi) is 4.53. The van der Waals surface area contributed by atoms with Crippen molar-refractivity contribution >= 4 is 23.3 Å². The Morgan fingerprint density at radius 1 is 1.14 bits per heavy atom. The van der Waals surface area contributed by atoms with E-state index in [2.05, 4.69) is 20.6 Å². The Hall–Kier alpha value is -3.53. The van der Waals surface area contributed by atoms with Gasteiger partial charge in [0.2, 0.25) is 17.9 Å². The summed E-state index contributed by atoms with van der Waals surface area (Å²) in [5.74, 6) is 2.14. The van der Waals surface area contributed by atoms with Crippen LogP contribution >= 0.6 is 11.8 Å². The normalized spacial score (nSPS) is 12.4. The van der Waals surface area contributed by atoms with Crippen molar-refractivity contribution in [2.75, 3.05) is 12.5 Å². The Bertz CT molecular complexity index is 1170. The van der Waals surface area contributed by atoms with E-state index in [0.717, 1.165) is 11.3 Å². The quantitative estimate of drug-likeness (QED) is 0.485. The molecule has 1 aliphatic heterocycles. The van der Waals surface area contributed by atoms with Gasteiger partial charge in [-0.1, -0.05) is 17.8 Å². The number of amides is 1. The lowest BCUT2D eigenvalue weighted by molar-refractivity contribution is -0.118. The molecule has 0 bridgehead atoms. The standard InChI is InChI=1S/C19H15N5O4S/c25-18(20-9-12-3-5-15-16(8-12)28-11-27-15)10-29-19-22-21-17-6-4-13(23-24(17)19)14-2-1-7-26-14/h1-8H,9-11H2,(H,20,25). The molecule has 0 radical (unpaired) electrons. The van der Waals surface area contributed by atoms with E-state index in [1.54, 1.807) is 16.8 Å². The van der Waals surface area contributed by atoms with Crippen LogP contribution in [-0.2, 0) is 11.3 Å². The maximum Gasteiger partial charge on any atom is 0.231 e.